The van der Waals surface area contributed by atoms with E-state index in [-0.39, 0.29) is 18.3 Å². The molecule has 5 heteroatoms. The number of aliphatic hydroxyl groups excluding tert-OH is 1. The van der Waals surface area contributed by atoms with Gasteiger partial charge < -0.3 is 14.7 Å². The molecule has 1 unspecified atom stereocenters. The second-order valence-electron chi connectivity index (χ2n) is 6.31. The zero-order chi connectivity index (χ0) is 13.6. The fourth-order valence-corrected chi connectivity index (χ4v) is 3.89. The van der Waals surface area contributed by atoms with Crippen LogP contribution in [0.5, 0.6) is 0 Å². The van der Waals surface area contributed by atoms with Crippen LogP contribution in [0.15, 0.2) is 0 Å². The first-order chi connectivity index (χ1) is 8.98. The monoisotopic (exact) mass is 282 g/mol. The van der Waals surface area contributed by atoms with Gasteiger partial charge in [-0.05, 0) is 33.6 Å². The summed E-state index contributed by atoms with van der Waals surface area (Å²) in [7, 11) is 0. The van der Waals surface area contributed by atoms with Gasteiger partial charge in [0, 0.05) is 19.0 Å². The fraction of sp³-hybridized carbons (Fsp3) is 0.786. The molecule has 19 heavy (non-hydrogen) atoms. The predicted molar refractivity (Wildman–Crippen MR) is 76.9 cm³/mol. The van der Waals surface area contributed by atoms with Crippen LogP contribution in [0, 0.1) is 0 Å². The molecule has 1 saturated carbocycles. The van der Waals surface area contributed by atoms with E-state index in [1.807, 2.05) is 0 Å². The molecule has 3 rings (SSSR count). The van der Waals surface area contributed by atoms with Crippen molar-refractivity contribution in [3.63, 3.8) is 0 Å². The van der Waals surface area contributed by atoms with Crippen molar-refractivity contribution in [3.8, 4) is 0 Å². The van der Waals surface area contributed by atoms with Crippen LogP contribution in [0.25, 0.3) is 0 Å². The molecule has 1 aromatic heterocycles. The van der Waals surface area contributed by atoms with E-state index in [0.29, 0.717) is 5.92 Å². The summed E-state index contributed by atoms with van der Waals surface area (Å²) in [6, 6.07) is 0. The number of hydrogen-bond acceptors (Lipinski definition) is 5. The van der Waals surface area contributed by atoms with Crippen LogP contribution < -0.4 is 4.90 Å². The van der Waals surface area contributed by atoms with Crippen molar-refractivity contribution in [2.75, 3.05) is 18.0 Å². The van der Waals surface area contributed by atoms with Crippen molar-refractivity contribution in [1.29, 1.82) is 0 Å². The Morgan fingerprint density at radius 1 is 1.47 bits per heavy atom. The Balaban J connectivity index is 1.85. The Morgan fingerprint density at radius 2 is 2.21 bits per heavy atom. The molecule has 1 aliphatic carbocycles. The highest BCUT2D eigenvalue weighted by molar-refractivity contribution is 7.15. The van der Waals surface area contributed by atoms with Crippen LogP contribution in [0.1, 0.15) is 50.1 Å². The molecule has 1 aliphatic heterocycles. The Bertz CT molecular complexity index is 468. The van der Waals surface area contributed by atoms with E-state index in [1.54, 1.807) is 11.3 Å². The highest BCUT2D eigenvalue weighted by Gasteiger charge is 2.35. The summed E-state index contributed by atoms with van der Waals surface area (Å²) in [5.41, 5.74) is 1.00. The topological polar surface area (TPSA) is 45.6 Å². The lowest BCUT2D eigenvalue weighted by Crippen LogP contribution is -2.52. The molecule has 106 valence electrons. The zero-order valence-corrected chi connectivity index (χ0v) is 12.7. The van der Waals surface area contributed by atoms with E-state index >= 15 is 0 Å². The maximum absolute atomic E-state index is 9.49. The van der Waals surface area contributed by atoms with Gasteiger partial charge in [-0.3, -0.25) is 0 Å². The third-order valence-corrected chi connectivity index (χ3v) is 4.78. The maximum atomic E-state index is 9.49. The summed E-state index contributed by atoms with van der Waals surface area (Å²) < 4.78 is 5.93. The molecular weight excluding hydrogens is 260 g/mol. The number of aliphatic hydroxyl groups is 1. The Morgan fingerprint density at radius 3 is 2.79 bits per heavy atom. The van der Waals surface area contributed by atoms with Crippen LogP contribution in [0.3, 0.4) is 0 Å². The van der Waals surface area contributed by atoms with Crippen molar-refractivity contribution in [3.05, 3.63) is 10.6 Å². The predicted octanol–water partition coefficient (Wildman–Crippen LogP) is 2.52. The minimum atomic E-state index is -0.136. The third kappa shape index (κ3) is 2.78. The molecule has 1 saturated heterocycles. The van der Waals surface area contributed by atoms with E-state index < -0.39 is 0 Å². The fourth-order valence-electron chi connectivity index (χ4n) is 2.87. The molecule has 0 aromatic carbocycles. The molecule has 0 radical (unpaired) electrons. The smallest absolute Gasteiger partial charge is 0.186 e. The van der Waals surface area contributed by atoms with Gasteiger partial charge in [0.15, 0.2) is 5.13 Å². The summed E-state index contributed by atoms with van der Waals surface area (Å²) in [6.45, 7) is 8.21. The van der Waals surface area contributed by atoms with E-state index in [0.717, 1.165) is 28.8 Å². The molecular formula is C14H22N2O2S. The minimum absolute atomic E-state index is 0.118. The van der Waals surface area contributed by atoms with Crippen LogP contribution in [0.2, 0.25) is 0 Å². The van der Waals surface area contributed by atoms with Crippen LogP contribution >= 0.6 is 11.3 Å². The molecule has 4 nitrogen and oxygen atoms in total. The van der Waals surface area contributed by atoms with Crippen LogP contribution in [-0.4, -0.2) is 34.9 Å². The highest BCUT2D eigenvalue weighted by atomic mass is 32.1. The van der Waals surface area contributed by atoms with Gasteiger partial charge in [-0.1, -0.05) is 11.3 Å². The van der Waals surface area contributed by atoms with Crippen molar-refractivity contribution in [2.45, 2.75) is 57.8 Å². The highest BCUT2D eigenvalue weighted by Crippen LogP contribution is 2.44. The van der Waals surface area contributed by atoms with Gasteiger partial charge in [-0.2, -0.15) is 0 Å². The van der Waals surface area contributed by atoms with Crippen LogP contribution in [-0.2, 0) is 11.3 Å². The molecule has 2 fully saturated rings. The minimum Gasteiger partial charge on any atom is -0.391 e. The number of aromatic nitrogens is 1. The van der Waals surface area contributed by atoms with Gasteiger partial charge in [-0.15, -0.1) is 0 Å². The van der Waals surface area contributed by atoms with Gasteiger partial charge in [0.1, 0.15) is 0 Å². The first-order valence-electron chi connectivity index (χ1n) is 7.02. The number of rotatable bonds is 3. The van der Waals surface area contributed by atoms with Crippen molar-refractivity contribution in [2.24, 2.45) is 0 Å². The first kappa shape index (κ1) is 13.3. The average molecular weight is 282 g/mol. The molecule has 2 aliphatic rings. The van der Waals surface area contributed by atoms with Crippen molar-refractivity contribution in [1.82, 2.24) is 4.98 Å². The molecule has 1 aromatic rings. The number of hydrogen-bond donors (Lipinski definition) is 1. The second kappa shape index (κ2) is 4.72. The number of morpholine rings is 1. The third-order valence-electron chi connectivity index (χ3n) is 3.66. The van der Waals surface area contributed by atoms with E-state index in [1.165, 1.54) is 12.8 Å². The van der Waals surface area contributed by atoms with E-state index in [2.05, 4.69) is 25.7 Å². The zero-order valence-electron chi connectivity index (χ0n) is 11.8. The molecule has 1 atom stereocenters. The first-order valence-corrected chi connectivity index (χ1v) is 7.83. The van der Waals surface area contributed by atoms with Gasteiger partial charge in [-0.25, -0.2) is 4.98 Å². The average Bonchev–Trinajstić information content (AvgIpc) is 3.06. The van der Waals surface area contributed by atoms with Crippen LogP contribution in [0.4, 0.5) is 5.13 Å². The summed E-state index contributed by atoms with van der Waals surface area (Å²) in [5, 5.41) is 10.5. The summed E-state index contributed by atoms with van der Waals surface area (Å²) >= 11 is 1.65. The van der Waals surface area contributed by atoms with Gasteiger partial charge >= 0.3 is 0 Å². The van der Waals surface area contributed by atoms with Crippen molar-refractivity contribution >= 4 is 16.5 Å². The van der Waals surface area contributed by atoms with Crippen molar-refractivity contribution < 1.29 is 9.84 Å². The van der Waals surface area contributed by atoms with Gasteiger partial charge in [0.25, 0.3) is 0 Å². The normalized spacial score (nSPS) is 26.7. The Kier molecular flexibility index (Phi) is 3.31. The number of thiazole rings is 1. The quantitative estimate of drug-likeness (QED) is 0.925. The Hall–Kier alpha value is -0.650. The maximum Gasteiger partial charge on any atom is 0.186 e. The summed E-state index contributed by atoms with van der Waals surface area (Å²) in [4.78, 5) is 8.16. The molecule has 0 spiro atoms. The lowest BCUT2D eigenvalue weighted by atomic mass is 10.1. The second-order valence-corrected chi connectivity index (χ2v) is 7.37. The molecule has 0 amide bonds. The number of nitrogens with zero attached hydrogens (tertiary/aromatic N) is 2. The van der Waals surface area contributed by atoms with E-state index in [4.69, 9.17) is 9.72 Å². The lowest BCUT2D eigenvalue weighted by Gasteiger charge is -2.41. The van der Waals surface area contributed by atoms with Gasteiger partial charge in [0.05, 0.1) is 28.9 Å². The largest absolute Gasteiger partial charge is 0.391 e. The summed E-state index contributed by atoms with van der Waals surface area (Å²) in [5.74, 6) is 0.596. The molecule has 2 heterocycles. The molecule has 1 N–H and O–H groups in total. The number of ether oxygens (including phenoxy) is 1. The number of anilines is 1. The SMILES string of the molecule is CC1CN(c2nc(C3CC3)c(CO)s2)CC(C)(C)O1. The standard InChI is InChI=1S/C14H22N2O2S/c1-9-6-16(8-14(2,3)18-9)13-15-12(10-4-5-10)11(7-17)19-13/h9-10,17H,4-8H2,1-3H3. The van der Waals surface area contributed by atoms with E-state index in [9.17, 15) is 5.11 Å². The van der Waals surface area contributed by atoms with Gasteiger partial charge in [0.2, 0.25) is 0 Å². The summed E-state index contributed by atoms with van der Waals surface area (Å²) in [6.07, 6.45) is 2.66. The molecule has 0 bridgehead atoms. The lowest BCUT2D eigenvalue weighted by molar-refractivity contribution is -0.0749. The Labute approximate surface area is 118 Å².